The number of hydrogen-bond acceptors (Lipinski definition) is 3. The predicted octanol–water partition coefficient (Wildman–Crippen LogP) is 6.10. The Labute approximate surface area is 167 Å². The molecule has 5 heteroatoms. The van der Waals surface area contributed by atoms with Gasteiger partial charge in [-0.15, -0.1) is 0 Å². The Balaban J connectivity index is 1.53. The largest absolute Gasteiger partial charge is 0.340 e. The monoisotopic (exact) mass is 390 g/mol. The van der Waals surface area contributed by atoms with Gasteiger partial charge in [0.1, 0.15) is 5.82 Å². The number of rotatable bonds is 4. The van der Waals surface area contributed by atoms with Crippen molar-refractivity contribution in [3.8, 4) is 0 Å². The minimum Gasteiger partial charge on any atom is -0.340 e. The summed E-state index contributed by atoms with van der Waals surface area (Å²) in [5, 5.41) is 2.67. The summed E-state index contributed by atoms with van der Waals surface area (Å²) in [5.74, 6) is -0.675. The van der Waals surface area contributed by atoms with E-state index in [9.17, 15) is 9.18 Å². The fraction of sp³-hybridized carbons (Fsp3) is 0.0870. The number of carbonyl (C=O) groups is 1. The molecule has 0 saturated carbocycles. The summed E-state index contributed by atoms with van der Waals surface area (Å²) < 4.78 is 13.2. The van der Waals surface area contributed by atoms with Crippen LogP contribution in [0.3, 0.4) is 0 Å². The van der Waals surface area contributed by atoms with Crippen LogP contribution in [-0.4, -0.2) is 12.5 Å². The van der Waals surface area contributed by atoms with Crippen molar-refractivity contribution in [1.82, 2.24) is 0 Å². The van der Waals surface area contributed by atoms with E-state index >= 15 is 0 Å². The van der Waals surface area contributed by atoms with Gasteiger partial charge in [0.25, 0.3) is 0 Å². The fourth-order valence-corrected chi connectivity index (χ4v) is 4.36. The molecule has 3 aromatic rings. The molecule has 1 heterocycles. The van der Waals surface area contributed by atoms with E-state index < -0.39 is 0 Å². The zero-order valence-corrected chi connectivity index (χ0v) is 16.2. The molecule has 0 aromatic heterocycles. The molecule has 1 N–H and O–H groups in total. The lowest BCUT2D eigenvalue weighted by Gasteiger charge is -2.32. The number of carbonyl (C=O) groups excluding carboxylic acids is 1. The molecule has 0 spiro atoms. The first-order valence-electron chi connectivity index (χ1n) is 9.07. The molecule has 140 valence electrons. The van der Waals surface area contributed by atoms with Crippen molar-refractivity contribution in [1.29, 1.82) is 0 Å². The summed E-state index contributed by atoms with van der Waals surface area (Å²) in [5.41, 5.74) is 3.77. The van der Waals surface area contributed by atoms with Crippen LogP contribution < -0.4 is 10.2 Å². The van der Waals surface area contributed by atoms with Crippen molar-refractivity contribution < 1.29 is 9.18 Å². The summed E-state index contributed by atoms with van der Waals surface area (Å²) in [6.45, 7) is 3.02. The van der Waals surface area contributed by atoms with E-state index in [1.165, 1.54) is 34.5 Å². The SMILES string of the molecule is CCN1c2ccccc2Sc2cc(/C=C/C(=O)Nc3cccc(F)c3)ccc21. The number of anilines is 3. The van der Waals surface area contributed by atoms with Crippen LogP contribution in [0.15, 0.2) is 82.6 Å². The van der Waals surface area contributed by atoms with Crippen LogP contribution in [0.1, 0.15) is 12.5 Å². The topological polar surface area (TPSA) is 32.3 Å². The maximum Gasteiger partial charge on any atom is 0.248 e. The van der Waals surface area contributed by atoms with Gasteiger partial charge in [0.15, 0.2) is 0 Å². The van der Waals surface area contributed by atoms with Crippen molar-refractivity contribution in [2.75, 3.05) is 16.8 Å². The number of fused-ring (bicyclic) bond motifs is 2. The van der Waals surface area contributed by atoms with Crippen LogP contribution in [0.4, 0.5) is 21.5 Å². The Morgan fingerprint density at radius 2 is 1.86 bits per heavy atom. The van der Waals surface area contributed by atoms with Gasteiger partial charge in [0.05, 0.1) is 11.4 Å². The second-order valence-electron chi connectivity index (χ2n) is 6.37. The summed E-state index contributed by atoms with van der Waals surface area (Å²) in [4.78, 5) is 16.8. The van der Waals surface area contributed by atoms with Crippen LogP contribution in [0.5, 0.6) is 0 Å². The summed E-state index contributed by atoms with van der Waals surface area (Å²) >= 11 is 1.74. The van der Waals surface area contributed by atoms with Crippen LogP contribution >= 0.6 is 11.8 Å². The molecule has 1 aliphatic rings. The molecule has 3 nitrogen and oxygen atoms in total. The highest BCUT2D eigenvalue weighted by atomic mass is 32.2. The Hall–Kier alpha value is -3.05. The third-order valence-electron chi connectivity index (χ3n) is 4.49. The molecule has 0 aliphatic carbocycles. The van der Waals surface area contributed by atoms with Gasteiger partial charge in [-0.2, -0.15) is 0 Å². The first-order valence-corrected chi connectivity index (χ1v) is 9.89. The van der Waals surface area contributed by atoms with Crippen LogP contribution in [-0.2, 0) is 4.79 Å². The van der Waals surface area contributed by atoms with E-state index in [1.807, 2.05) is 12.1 Å². The fourth-order valence-electron chi connectivity index (χ4n) is 3.22. The normalized spacial score (nSPS) is 12.6. The molecule has 0 saturated heterocycles. The Morgan fingerprint density at radius 3 is 2.68 bits per heavy atom. The Kier molecular flexibility index (Phi) is 5.17. The van der Waals surface area contributed by atoms with Crippen molar-refractivity contribution in [2.24, 2.45) is 0 Å². The van der Waals surface area contributed by atoms with Crippen LogP contribution in [0, 0.1) is 5.82 Å². The first-order chi connectivity index (χ1) is 13.6. The van der Waals surface area contributed by atoms with Gasteiger partial charge in [-0.05, 0) is 61.0 Å². The van der Waals surface area contributed by atoms with Gasteiger partial charge in [0, 0.05) is 28.1 Å². The predicted molar refractivity (Wildman–Crippen MR) is 114 cm³/mol. The minimum absolute atomic E-state index is 0.295. The number of nitrogens with one attached hydrogen (secondary N) is 1. The van der Waals surface area contributed by atoms with Crippen LogP contribution in [0.25, 0.3) is 6.08 Å². The molecule has 28 heavy (non-hydrogen) atoms. The van der Waals surface area contributed by atoms with Gasteiger partial charge < -0.3 is 10.2 Å². The second-order valence-corrected chi connectivity index (χ2v) is 7.46. The van der Waals surface area contributed by atoms with Crippen molar-refractivity contribution in [2.45, 2.75) is 16.7 Å². The molecular weight excluding hydrogens is 371 g/mol. The third-order valence-corrected chi connectivity index (χ3v) is 5.60. The number of halogens is 1. The van der Waals surface area contributed by atoms with Gasteiger partial charge in [-0.25, -0.2) is 4.39 Å². The average molecular weight is 390 g/mol. The van der Waals surface area contributed by atoms with Gasteiger partial charge in [-0.3, -0.25) is 4.79 Å². The van der Waals surface area contributed by atoms with E-state index in [1.54, 1.807) is 30.0 Å². The quantitative estimate of drug-likeness (QED) is 0.546. The maximum atomic E-state index is 13.2. The van der Waals surface area contributed by atoms with Crippen LogP contribution in [0.2, 0.25) is 0 Å². The molecule has 3 aromatic carbocycles. The lowest BCUT2D eigenvalue weighted by atomic mass is 10.1. The Bertz CT molecular complexity index is 1060. The molecule has 0 radical (unpaired) electrons. The number of benzene rings is 3. The maximum absolute atomic E-state index is 13.2. The van der Waals surface area contributed by atoms with Gasteiger partial charge in [0.2, 0.25) is 5.91 Å². The zero-order chi connectivity index (χ0) is 19.5. The number of para-hydroxylation sites is 1. The van der Waals surface area contributed by atoms with Gasteiger partial charge >= 0.3 is 0 Å². The average Bonchev–Trinajstić information content (AvgIpc) is 2.70. The third kappa shape index (κ3) is 3.80. The second kappa shape index (κ2) is 7.90. The molecule has 0 unspecified atom stereocenters. The minimum atomic E-state index is -0.380. The van der Waals surface area contributed by atoms with Crippen molar-refractivity contribution in [3.63, 3.8) is 0 Å². The standard InChI is InChI=1S/C23H19FN2OS/c1-2-26-19-8-3-4-9-21(19)28-22-14-16(10-12-20(22)26)11-13-23(27)25-18-7-5-6-17(24)15-18/h3-15H,2H2,1H3,(H,25,27)/b13-11+. The molecule has 1 aliphatic heterocycles. The zero-order valence-electron chi connectivity index (χ0n) is 15.4. The van der Waals surface area contributed by atoms with Gasteiger partial charge in [-0.1, -0.05) is 36.0 Å². The molecule has 0 atom stereocenters. The number of nitrogens with zero attached hydrogens (tertiary/aromatic N) is 1. The molecule has 0 bridgehead atoms. The molecule has 1 amide bonds. The summed E-state index contributed by atoms with van der Waals surface area (Å²) in [6.07, 6.45) is 3.23. The van der Waals surface area contributed by atoms with E-state index in [0.29, 0.717) is 5.69 Å². The molecular formula is C23H19FN2OS. The number of hydrogen-bond donors (Lipinski definition) is 1. The van der Waals surface area contributed by atoms with E-state index in [0.717, 1.165) is 17.0 Å². The van der Waals surface area contributed by atoms with E-state index in [-0.39, 0.29) is 11.7 Å². The molecule has 4 rings (SSSR count). The highest BCUT2D eigenvalue weighted by molar-refractivity contribution is 7.99. The molecule has 0 fully saturated rings. The summed E-state index contributed by atoms with van der Waals surface area (Å²) in [6, 6.07) is 20.4. The summed E-state index contributed by atoms with van der Waals surface area (Å²) in [7, 11) is 0. The van der Waals surface area contributed by atoms with Crippen molar-refractivity contribution >= 4 is 40.8 Å². The van der Waals surface area contributed by atoms with E-state index in [4.69, 9.17) is 0 Å². The first kappa shape index (κ1) is 18.3. The lowest BCUT2D eigenvalue weighted by Crippen LogP contribution is -2.19. The highest BCUT2D eigenvalue weighted by Crippen LogP contribution is 2.48. The highest BCUT2D eigenvalue weighted by Gasteiger charge is 2.21. The number of amides is 1. The lowest BCUT2D eigenvalue weighted by molar-refractivity contribution is -0.111. The van der Waals surface area contributed by atoms with Crippen molar-refractivity contribution in [3.05, 3.63) is 84.2 Å². The van der Waals surface area contributed by atoms with E-state index in [2.05, 4.69) is 47.5 Å². The Morgan fingerprint density at radius 1 is 1.04 bits per heavy atom. The smallest absolute Gasteiger partial charge is 0.248 e.